The van der Waals surface area contributed by atoms with Gasteiger partial charge in [-0.25, -0.2) is 4.68 Å². The number of nitrogens with zero attached hydrogens (tertiary/aromatic N) is 6. The quantitative estimate of drug-likeness (QED) is 0.0526. The van der Waals surface area contributed by atoms with Gasteiger partial charge >= 0.3 is 0 Å². The summed E-state index contributed by atoms with van der Waals surface area (Å²) in [4.78, 5) is 59.3. The number of nitrogens with one attached hydrogen (secondary N) is 1. The number of aliphatic hydroxyl groups excluding tert-OH is 1. The molecule has 0 aliphatic carbocycles. The van der Waals surface area contributed by atoms with E-state index in [1.807, 2.05) is 77.3 Å². The molecule has 18 heteroatoms. The molecule has 4 aliphatic rings. The average Bonchev–Trinajstić information content (AvgIpc) is 3.91. The fraction of sp³-hybridized carbons (Fsp3) is 0.460. The molecular weight excluding hydrogens is 871 g/mol. The van der Waals surface area contributed by atoms with E-state index in [1.165, 1.54) is 4.90 Å². The van der Waals surface area contributed by atoms with E-state index in [0.29, 0.717) is 113 Å². The third-order valence-corrected chi connectivity index (χ3v) is 13.3. The predicted octanol–water partition coefficient (Wildman–Crippen LogP) is 4.12. The number of aromatic nitrogens is 2. The molecule has 8 rings (SSSR count). The van der Waals surface area contributed by atoms with Crippen LogP contribution in [-0.2, 0) is 30.3 Å². The van der Waals surface area contributed by atoms with E-state index in [9.17, 15) is 24.3 Å². The molecule has 1 aromatic heterocycles. The maximum absolute atomic E-state index is 13.3. The molecule has 0 spiro atoms. The highest BCUT2D eigenvalue weighted by Crippen LogP contribution is 2.40. The Labute approximate surface area is 396 Å². The lowest BCUT2D eigenvalue weighted by Gasteiger charge is -2.39. The molecule has 4 aliphatic heterocycles. The van der Waals surface area contributed by atoms with Gasteiger partial charge in [0, 0.05) is 74.3 Å². The summed E-state index contributed by atoms with van der Waals surface area (Å²) in [5.41, 5.74) is 15.5. The Kier molecular flexibility index (Phi) is 16.0. The number of primary amides is 1. The summed E-state index contributed by atoms with van der Waals surface area (Å²) in [6.07, 6.45) is 5.87. The minimum Gasteiger partial charge on any atom is -0.457 e. The topological polar surface area (TPSA) is 220 Å². The summed E-state index contributed by atoms with van der Waals surface area (Å²) in [6, 6.07) is 21.7. The van der Waals surface area contributed by atoms with Crippen LogP contribution in [-0.4, -0.2) is 156 Å². The van der Waals surface area contributed by atoms with Crippen molar-refractivity contribution in [3.8, 4) is 22.8 Å². The number of ether oxygens (including phenoxy) is 4. The maximum Gasteiger partial charge on any atom is 0.255 e. The summed E-state index contributed by atoms with van der Waals surface area (Å²) in [7, 11) is 1.97. The summed E-state index contributed by atoms with van der Waals surface area (Å²) < 4.78 is 25.0. The molecule has 4 amide bonds. The van der Waals surface area contributed by atoms with Crippen molar-refractivity contribution < 1.29 is 43.2 Å². The van der Waals surface area contributed by atoms with Crippen LogP contribution in [0, 0.1) is 5.92 Å². The van der Waals surface area contributed by atoms with Crippen LogP contribution in [0.4, 0.5) is 11.5 Å². The molecule has 2 unspecified atom stereocenters. The van der Waals surface area contributed by atoms with Crippen LogP contribution in [0.25, 0.3) is 11.3 Å². The number of hydrogen-bond donors (Lipinski definition) is 4. The number of carbonyl (C=O) groups excluding carboxylic acids is 4. The van der Waals surface area contributed by atoms with Crippen molar-refractivity contribution in [2.75, 3.05) is 97.0 Å². The number of para-hydroxylation sites is 1. The van der Waals surface area contributed by atoms with Gasteiger partial charge in [0.1, 0.15) is 40.8 Å². The number of nitrogen functional groups attached to an aromatic ring is 1. The zero-order valence-corrected chi connectivity index (χ0v) is 38.7. The van der Waals surface area contributed by atoms with Gasteiger partial charge in [-0.1, -0.05) is 30.3 Å². The van der Waals surface area contributed by atoms with Crippen LogP contribution in [0.3, 0.4) is 0 Å². The Balaban J connectivity index is 0.681. The van der Waals surface area contributed by atoms with Crippen molar-refractivity contribution in [1.82, 2.24) is 29.4 Å². The summed E-state index contributed by atoms with van der Waals surface area (Å²) >= 11 is 0. The molecule has 18 nitrogen and oxygen atoms in total. The van der Waals surface area contributed by atoms with Crippen LogP contribution in [0.2, 0.25) is 0 Å². The van der Waals surface area contributed by atoms with Gasteiger partial charge in [-0.05, 0) is 93.6 Å². The fourth-order valence-corrected chi connectivity index (χ4v) is 9.54. The molecule has 0 bridgehead atoms. The Morgan fingerprint density at radius 2 is 1.57 bits per heavy atom. The van der Waals surface area contributed by atoms with E-state index in [4.69, 9.17) is 35.5 Å². The highest BCUT2D eigenvalue weighted by Gasteiger charge is 2.43. The zero-order chi connectivity index (χ0) is 47.6. The highest BCUT2D eigenvalue weighted by molar-refractivity contribution is 6.04. The summed E-state index contributed by atoms with van der Waals surface area (Å²) in [6.45, 7) is 5.98. The SMILES string of the molecule is CN(C/C=C/C(=O)N1CCC([C@@H]2CCNc3c(C(N)=O)c(-c4ccc(Oc5ccccc5)cc4)nn32)CC1)CCOCCOCCOCCN1C(=O)C(N2Cc3c(N)cccc3C2=O)CCC1O. The first-order chi connectivity index (χ1) is 33.1. The first-order valence-corrected chi connectivity index (χ1v) is 23.6. The average molecular weight is 934 g/mol. The third-order valence-electron chi connectivity index (χ3n) is 13.3. The minimum absolute atomic E-state index is 0.00307. The van der Waals surface area contributed by atoms with Gasteiger partial charge in [0.15, 0.2) is 0 Å². The summed E-state index contributed by atoms with van der Waals surface area (Å²) in [5.74, 6) is 1.30. The molecule has 4 aromatic rings. The van der Waals surface area contributed by atoms with Gasteiger partial charge < -0.3 is 60.4 Å². The van der Waals surface area contributed by atoms with Gasteiger partial charge in [0.25, 0.3) is 11.8 Å². The van der Waals surface area contributed by atoms with Crippen molar-refractivity contribution >= 4 is 35.1 Å². The number of rotatable bonds is 21. The molecule has 362 valence electrons. The van der Waals surface area contributed by atoms with Crippen molar-refractivity contribution in [3.05, 3.63) is 102 Å². The molecule has 6 N–H and O–H groups in total. The highest BCUT2D eigenvalue weighted by atomic mass is 16.5. The second-order valence-electron chi connectivity index (χ2n) is 17.7. The number of anilines is 2. The second-order valence-corrected chi connectivity index (χ2v) is 17.7. The number of likely N-dealkylation sites (N-methyl/N-ethyl adjacent to an activating group) is 1. The first-order valence-electron chi connectivity index (χ1n) is 23.6. The van der Waals surface area contributed by atoms with Crippen LogP contribution >= 0.6 is 0 Å². The van der Waals surface area contributed by atoms with Gasteiger partial charge in [0.05, 0.1) is 45.7 Å². The van der Waals surface area contributed by atoms with Crippen molar-refractivity contribution in [1.29, 1.82) is 0 Å². The first kappa shape index (κ1) is 48.2. The monoisotopic (exact) mass is 933 g/mol. The molecule has 68 heavy (non-hydrogen) atoms. The van der Waals surface area contributed by atoms with Crippen LogP contribution in [0.1, 0.15) is 64.4 Å². The lowest BCUT2D eigenvalue weighted by molar-refractivity contribution is -0.155. The normalized spacial score (nSPS) is 19.7. The number of carbonyl (C=O) groups is 4. The number of nitrogens with two attached hydrogens (primary N) is 2. The molecule has 3 atom stereocenters. The minimum atomic E-state index is -0.928. The third kappa shape index (κ3) is 11.3. The Bertz CT molecular complexity index is 2400. The molecule has 2 saturated heterocycles. The van der Waals surface area contributed by atoms with E-state index in [1.54, 1.807) is 29.2 Å². The van der Waals surface area contributed by atoms with Crippen LogP contribution < -0.4 is 21.5 Å². The molecule has 0 saturated carbocycles. The second kappa shape index (κ2) is 22.7. The number of piperidine rings is 2. The smallest absolute Gasteiger partial charge is 0.255 e. The fourth-order valence-electron chi connectivity index (χ4n) is 9.54. The van der Waals surface area contributed by atoms with Gasteiger partial charge in [-0.15, -0.1) is 0 Å². The maximum atomic E-state index is 13.3. The largest absolute Gasteiger partial charge is 0.457 e. The predicted molar refractivity (Wildman–Crippen MR) is 255 cm³/mol. The Hall–Kier alpha value is -6.31. The Morgan fingerprint density at radius 1 is 0.868 bits per heavy atom. The molecule has 0 radical (unpaired) electrons. The number of aliphatic hydroxyl groups is 1. The van der Waals surface area contributed by atoms with E-state index in [0.717, 1.165) is 36.1 Å². The van der Waals surface area contributed by atoms with E-state index in [-0.39, 0.29) is 49.4 Å². The zero-order valence-electron chi connectivity index (χ0n) is 38.7. The van der Waals surface area contributed by atoms with Gasteiger partial charge in [0.2, 0.25) is 11.8 Å². The van der Waals surface area contributed by atoms with Crippen molar-refractivity contribution in [2.45, 2.75) is 57.0 Å². The molecule has 5 heterocycles. The molecule has 2 fully saturated rings. The molecule has 3 aromatic carbocycles. The number of likely N-dealkylation sites (tertiary alicyclic amines) is 2. The van der Waals surface area contributed by atoms with E-state index in [2.05, 4.69) is 10.2 Å². The van der Waals surface area contributed by atoms with E-state index >= 15 is 0 Å². The standard InChI is InChI=1S/C50H63N9O9/c1-55(25-27-65-29-31-67-32-30-66-28-26-57-44(61)17-16-42(50(57)64)58-33-39-38(49(58)63)9-5-10-40(39)51)22-6-11-43(60)56-23-19-34(20-24-56)41-18-21-53-48-45(47(52)62)46(54-59(41)48)35-12-14-37(15-13-35)68-36-7-3-2-4-8-36/h2-15,34,41-42,44,53,61H,16-33,51H2,1H3,(H2,52,62)/b11-6+/t41-,42?,44?/m0/s1. The van der Waals surface area contributed by atoms with Crippen molar-refractivity contribution in [2.24, 2.45) is 11.7 Å². The lowest BCUT2D eigenvalue weighted by Crippen LogP contribution is -2.56. The Morgan fingerprint density at radius 3 is 2.29 bits per heavy atom. The lowest BCUT2D eigenvalue weighted by atomic mass is 9.87. The van der Waals surface area contributed by atoms with Crippen LogP contribution in [0.5, 0.6) is 11.5 Å². The van der Waals surface area contributed by atoms with Crippen molar-refractivity contribution in [3.63, 3.8) is 0 Å². The van der Waals surface area contributed by atoms with Crippen LogP contribution in [0.15, 0.2) is 84.9 Å². The summed E-state index contributed by atoms with van der Waals surface area (Å²) in [5, 5.41) is 18.9. The van der Waals surface area contributed by atoms with E-state index < -0.39 is 18.2 Å². The van der Waals surface area contributed by atoms with Gasteiger partial charge in [-0.3, -0.25) is 19.2 Å². The number of benzene rings is 3. The molecular formula is C50H63N9O9. The number of amides is 4. The number of fused-ring (bicyclic) bond motifs is 2. The number of hydrogen-bond acceptors (Lipinski definition) is 13. The van der Waals surface area contributed by atoms with Gasteiger partial charge in [-0.2, -0.15) is 5.10 Å².